The second-order valence-corrected chi connectivity index (χ2v) is 3.41. The van der Waals surface area contributed by atoms with Gasteiger partial charge in [-0.3, -0.25) is 4.79 Å². The molecule has 84 valence electrons. The number of carbonyl (C=O) groups excluding carboxylic acids is 1. The summed E-state index contributed by atoms with van der Waals surface area (Å²) in [4.78, 5) is 22.5. The van der Waals surface area contributed by atoms with Gasteiger partial charge in [-0.1, -0.05) is 6.07 Å². The van der Waals surface area contributed by atoms with Gasteiger partial charge < -0.3 is 14.6 Å². The number of carboxylic acid groups (broad SMARTS) is 1. The average Bonchev–Trinajstić information content (AvgIpc) is 2.28. The molecule has 1 atom stereocenters. The molecule has 1 unspecified atom stereocenters. The Kier molecular flexibility index (Phi) is 2.52. The lowest BCUT2D eigenvalue weighted by molar-refractivity contribution is -0.145. The first-order valence-corrected chi connectivity index (χ1v) is 4.73. The van der Waals surface area contributed by atoms with Crippen LogP contribution in [0.15, 0.2) is 18.2 Å². The lowest BCUT2D eigenvalue weighted by Gasteiger charge is -2.23. The highest BCUT2D eigenvalue weighted by Gasteiger charge is 2.32. The predicted molar refractivity (Wildman–Crippen MR) is 54.0 cm³/mol. The van der Waals surface area contributed by atoms with E-state index in [2.05, 4.69) is 0 Å². The largest absolute Gasteiger partial charge is 0.493 e. The lowest BCUT2D eigenvalue weighted by atomic mass is 10.0. The van der Waals surface area contributed by atoms with Crippen LogP contribution in [0.4, 0.5) is 0 Å². The van der Waals surface area contributed by atoms with E-state index in [4.69, 9.17) is 14.6 Å². The van der Waals surface area contributed by atoms with Gasteiger partial charge in [-0.05, 0) is 12.1 Å². The fourth-order valence-corrected chi connectivity index (χ4v) is 1.62. The van der Waals surface area contributed by atoms with E-state index in [0.717, 1.165) is 0 Å². The number of rotatable bonds is 2. The van der Waals surface area contributed by atoms with Crippen LogP contribution in [0.25, 0.3) is 0 Å². The number of aliphatic carboxylic acids is 1. The summed E-state index contributed by atoms with van der Waals surface area (Å²) in [6.07, 6.45) is -1.27. The molecule has 5 heteroatoms. The summed E-state index contributed by atoms with van der Waals surface area (Å²) in [5, 5.41) is 8.83. The van der Waals surface area contributed by atoms with Crippen LogP contribution in [0.1, 0.15) is 16.8 Å². The number of ketones is 1. The Labute approximate surface area is 91.6 Å². The highest BCUT2D eigenvalue weighted by molar-refractivity contribution is 6.03. The zero-order valence-corrected chi connectivity index (χ0v) is 8.60. The lowest BCUT2D eigenvalue weighted by Crippen LogP contribution is -2.34. The zero-order chi connectivity index (χ0) is 11.7. The average molecular weight is 222 g/mol. The van der Waals surface area contributed by atoms with Crippen LogP contribution in [0.2, 0.25) is 0 Å². The predicted octanol–water partition coefficient (Wildman–Crippen LogP) is 1.11. The standard InChI is InChI=1S/C11H10O5/c1-15-8-4-2-3-6-7(12)5-9(11(13)14)16-10(6)8/h2-4,9H,5H2,1H3,(H,13,14). The van der Waals surface area contributed by atoms with Gasteiger partial charge in [0.15, 0.2) is 17.3 Å². The molecule has 0 saturated heterocycles. The summed E-state index contributed by atoms with van der Waals surface area (Å²) in [5.74, 6) is -0.803. The number of methoxy groups -OCH3 is 1. The van der Waals surface area contributed by atoms with Crippen molar-refractivity contribution in [2.24, 2.45) is 0 Å². The summed E-state index contributed by atoms with van der Waals surface area (Å²) >= 11 is 0. The highest BCUT2D eigenvalue weighted by Crippen LogP contribution is 2.36. The Morgan fingerprint density at radius 2 is 2.31 bits per heavy atom. The van der Waals surface area contributed by atoms with E-state index < -0.39 is 12.1 Å². The number of hydrogen-bond acceptors (Lipinski definition) is 4. The number of ether oxygens (including phenoxy) is 2. The normalized spacial score (nSPS) is 18.6. The molecular formula is C11H10O5. The van der Waals surface area contributed by atoms with Gasteiger partial charge in [-0.2, -0.15) is 0 Å². The topological polar surface area (TPSA) is 72.8 Å². The number of carbonyl (C=O) groups is 2. The summed E-state index contributed by atoms with van der Waals surface area (Å²) in [7, 11) is 1.44. The minimum atomic E-state index is -1.15. The summed E-state index contributed by atoms with van der Waals surface area (Å²) in [6, 6.07) is 4.88. The molecule has 0 aliphatic carbocycles. The first-order valence-electron chi connectivity index (χ1n) is 4.73. The molecule has 0 bridgehead atoms. The number of carboxylic acids is 1. The molecule has 0 fully saturated rings. The van der Waals surface area contributed by atoms with Crippen molar-refractivity contribution < 1.29 is 24.2 Å². The number of fused-ring (bicyclic) bond motifs is 1. The molecule has 1 aliphatic rings. The van der Waals surface area contributed by atoms with E-state index in [1.54, 1.807) is 18.2 Å². The van der Waals surface area contributed by atoms with Crippen LogP contribution in [-0.4, -0.2) is 30.1 Å². The summed E-state index contributed by atoms with van der Waals surface area (Å²) < 4.78 is 10.3. The number of para-hydroxylation sites is 1. The molecule has 5 nitrogen and oxygen atoms in total. The van der Waals surface area contributed by atoms with E-state index in [0.29, 0.717) is 11.3 Å². The van der Waals surface area contributed by atoms with Gasteiger partial charge in [-0.15, -0.1) is 0 Å². The van der Waals surface area contributed by atoms with Gasteiger partial charge in [0.05, 0.1) is 19.1 Å². The zero-order valence-electron chi connectivity index (χ0n) is 8.60. The van der Waals surface area contributed by atoms with Gasteiger partial charge in [0.1, 0.15) is 0 Å². The Morgan fingerprint density at radius 3 is 2.94 bits per heavy atom. The van der Waals surface area contributed by atoms with Crippen molar-refractivity contribution in [3.05, 3.63) is 23.8 Å². The van der Waals surface area contributed by atoms with Crippen molar-refractivity contribution >= 4 is 11.8 Å². The Balaban J connectivity index is 2.46. The number of benzene rings is 1. The molecule has 1 aromatic carbocycles. The fourth-order valence-electron chi connectivity index (χ4n) is 1.62. The van der Waals surface area contributed by atoms with Crippen molar-refractivity contribution in [3.8, 4) is 11.5 Å². The third-order valence-electron chi connectivity index (χ3n) is 2.41. The smallest absolute Gasteiger partial charge is 0.345 e. The van der Waals surface area contributed by atoms with Crippen molar-refractivity contribution in [2.45, 2.75) is 12.5 Å². The van der Waals surface area contributed by atoms with E-state index in [1.165, 1.54) is 7.11 Å². The van der Waals surface area contributed by atoms with Gasteiger partial charge in [-0.25, -0.2) is 4.79 Å². The van der Waals surface area contributed by atoms with Crippen molar-refractivity contribution in [1.29, 1.82) is 0 Å². The second-order valence-electron chi connectivity index (χ2n) is 3.41. The number of Topliss-reactive ketones (excluding diaryl/α,β-unsaturated/α-hetero) is 1. The SMILES string of the molecule is COc1cccc2c1OC(C(=O)O)CC2=O. The van der Waals surface area contributed by atoms with E-state index in [9.17, 15) is 9.59 Å². The quantitative estimate of drug-likeness (QED) is 0.811. The molecule has 1 aromatic rings. The van der Waals surface area contributed by atoms with Crippen molar-refractivity contribution in [3.63, 3.8) is 0 Å². The van der Waals surface area contributed by atoms with Crippen LogP contribution in [0, 0.1) is 0 Å². The third kappa shape index (κ3) is 1.60. The molecule has 1 aliphatic heterocycles. The fraction of sp³-hybridized carbons (Fsp3) is 0.273. The van der Waals surface area contributed by atoms with E-state index >= 15 is 0 Å². The molecule has 0 amide bonds. The summed E-state index contributed by atoms with van der Waals surface area (Å²) in [5.41, 5.74) is 0.372. The molecule has 0 radical (unpaired) electrons. The molecule has 0 saturated carbocycles. The van der Waals surface area contributed by atoms with Gasteiger partial charge >= 0.3 is 5.97 Å². The molecule has 1 N–H and O–H groups in total. The Bertz CT molecular complexity index is 452. The maximum Gasteiger partial charge on any atom is 0.345 e. The van der Waals surface area contributed by atoms with E-state index in [1.807, 2.05) is 0 Å². The van der Waals surface area contributed by atoms with Crippen LogP contribution >= 0.6 is 0 Å². The Morgan fingerprint density at radius 1 is 1.56 bits per heavy atom. The van der Waals surface area contributed by atoms with Crippen LogP contribution in [0.3, 0.4) is 0 Å². The van der Waals surface area contributed by atoms with Crippen LogP contribution in [-0.2, 0) is 4.79 Å². The maximum absolute atomic E-state index is 11.7. The van der Waals surface area contributed by atoms with Crippen molar-refractivity contribution in [1.82, 2.24) is 0 Å². The molecule has 1 heterocycles. The molecule has 0 aromatic heterocycles. The maximum atomic E-state index is 11.7. The van der Waals surface area contributed by atoms with E-state index in [-0.39, 0.29) is 18.0 Å². The third-order valence-corrected chi connectivity index (χ3v) is 2.41. The number of hydrogen-bond donors (Lipinski definition) is 1. The van der Waals surface area contributed by atoms with Crippen LogP contribution < -0.4 is 9.47 Å². The Hall–Kier alpha value is -2.04. The van der Waals surface area contributed by atoms with Gasteiger partial charge in [0.2, 0.25) is 6.10 Å². The molecule has 16 heavy (non-hydrogen) atoms. The molecular weight excluding hydrogens is 212 g/mol. The summed E-state index contributed by atoms with van der Waals surface area (Å²) in [6.45, 7) is 0. The minimum Gasteiger partial charge on any atom is -0.493 e. The first kappa shape index (κ1) is 10.5. The minimum absolute atomic E-state index is 0.143. The van der Waals surface area contributed by atoms with Crippen LogP contribution in [0.5, 0.6) is 11.5 Å². The first-order chi connectivity index (χ1) is 7.63. The van der Waals surface area contributed by atoms with Gasteiger partial charge in [0, 0.05) is 0 Å². The van der Waals surface area contributed by atoms with Gasteiger partial charge in [0.25, 0.3) is 0 Å². The highest BCUT2D eigenvalue weighted by atomic mass is 16.5. The van der Waals surface area contributed by atoms with Crippen molar-refractivity contribution in [2.75, 3.05) is 7.11 Å². The second kappa shape index (κ2) is 3.84. The molecule has 2 rings (SSSR count). The monoisotopic (exact) mass is 222 g/mol. The molecule has 0 spiro atoms.